The fraction of sp³-hybridized carbons (Fsp3) is 0.562. The van der Waals surface area contributed by atoms with Gasteiger partial charge in [-0.05, 0) is 32.4 Å². The van der Waals surface area contributed by atoms with Crippen molar-refractivity contribution < 1.29 is 14.3 Å². The molecule has 2 atom stereocenters. The van der Waals surface area contributed by atoms with Crippen LogP contribution in [-0.2, 0) is 9.53 Å². The minimum atomic E-state index is -0.176. The van der Waals surface area contributed by atoms with Crippen LogP contribution < -0.4 is 10.6 Å². The number of nitrogens with one attached hydrogen (secondary N) is 2. The number of nitrogens with zero attached hydrogens (tertiary/aromatic N) is 2. The van der Waals surface area contributed by atoms with E-state index in [-0.39, 0.29) is 37.1 Å². The molecule has 1 aromatic rings. The molecule has 1 aromatic heterocycles. The van der Waals surface area contributed by atoms with Gasteiger partial charge in [-0.2, -0.15) is 0 Å². The van der Waals surface area contributed by atoms with Gasteiger partial charge in [-0.1, -0.05) is 6.07 Å². The highest BCUT2D eigenvalue weighted by Gasteiger charge is 2.25. The summed E-state index contributed by atoms with van der Waals surface area (Å²) in [4.78, 5) is 29.7. The predicted octanol–water partition coefficient (Wildman–Crippen LogP) is 1.54. The van der Waals surface area contributed by atoms with Gasteiger partial charge >= 0.3 is 6.03 Å². The second-order valence-electron chi connectivity index (χ2n) is 5.91. The molecule has 2 N–H and O–H groups in total. The summed E-state index contributed by atoms with van der Waals surface area (Å²) in [7, 11) is 0. The quantitative estimate of drug-likeness (QED) is 0.881. The van der Waals surface area contributed by atoms with Crippen molar-refractivity contribution in [3.63, 3.8) is 0 Å². The number of carbonyl (C=O) groups excluding carboxylic acids is 2. The molecule has 1 fully saturated rings. The number of ether oxygens (including phenoxy) is 1. The maximum Gasteiger partial charge on any atom is 0.317 e. The van der Waals surface area contributed by atoms with Crippen LogP contribution in [0.2, 0.25) is 0 Å². The molecular formula is C16H24N4O3. The van der Waals surface area contributed by atoms with E-state index in [1.807, 2.05) is 26.8 Å². The zero-order chi connectivity index (χ0) is 16.8. The predicted molar refractivity (Wildman–Crippen MR) is 87.2 cm³/mol. The van der Waals surface area contributed by atoms with E-state index in [2.05, 4.69) is 15.6 Å². The number of hydrogen-bond donors (Lipinski definition) is 2. The lowest BCUT2D eigenvalue weighted by atomic mass is 10.2. The minimum Gasteiger partial charge on any atom is -0.372 e. The molecule has 23 heavy (non-hydrogen) atoms. The van der Waals surface area contributed by atoms with Gasteiger partial charge in [0.1, 0.15) is 5.82 Å². The van der Waals surface area contributed by atoms with Crippen LogP contribution in [0.4, 0.5) is 10.6 Å². The molecule has 0 saturated carbocycles. The molecular weight excluding hydrogens is 296 g/mol. The fourth-order valence-corrected chi connectivity index (χ4v) is 2.49. The topological polar surface area (TPSA) is 83.6 Å². The number of morpholine rings is 1. The molecule has 0 unspecified atom stereocenters. The Balaban J connectivity index is 1.70. The molecule has 0 aromatic carbocycles. The van der Waals surface area contributed by atoms with Crippen LogP contribution in [0.25, 0.3) is 0 Å². The van der Waals surface area contributed by atoms with Crippen molar-refractivity contribution in [1.29, 1.82) is 0 Å². The normalized spacial score (nSPS) is 20.9. The maximum absolute atomic E-state index is 12.1. The Morgan fingerprint density at radius 1 is 1.30 bits per heavy atom. The first-order chi connectivity index (χ1) is 10.9. The van der Waals surface area contributed by atoms with Gasteiger partial charge in [-0.3, -0.25) is 4.79 Å². The van der Waals surface area contributed by atoms with E-state index in [1.54, 1.807) is 17.2 Å². The number of carbonyl (C=O) groups is 2. The summed E-state index contributed by atoms with van der Waals surface area (Å²) < 4.78 is 5.59. The molecule has 0 spiro atoms. The van der Waals surface area contributed by atoms with Gasteiger partial charge in [0, 0.05) is 32.3 Å². The molecule has 0 bridgehead atoms. The molecule has 0 aliphatic carbocycles. The van der Waals surface area contributed by atoms with Crippen molar-refractivity contribution in [2.75, 3.05) is 25.0 Å². The standard InChI is InChI=1S/C16H24N4O3/c1-11-4-5-14(18-8-11)19-15(21)6-7-17-16(22)20-9-12(2)23-13(3)10-20/h4-5,8,12-13H,6-7,9-10H2,1-3H3,(H,17,22)(H,18,19,21)/t12-,13-/m0/s1. The highest BCUT2D eigenvalue weighted by Crippen LogP contribution is 2.10. The number of aryl methyl sites for hydroxylation is 1. The maximum atomic E-state index is 12.1. The highest BCUT2D eigenvalue weighted by atomic mass is 16.5. The average molecular weight is 320 g/mol. The molecule has 0 radical (unpaired) electrons. The average Bonchev–Trinajstić information content (AvgIpc) is 2.48. The van der Waals surface area contributed by atoms with Crippen molar-refractivity contribution >= 4 is 17.8 Å². The number of aromatic nitrogens is 1. The van der Waals surface area contributed by atoms with E-state index in [4.69, 9.17) is 4.74 Å². The smallest absolute Gasteiger partial charge is 0.317 e. The van der Waals surface area contributed by atoms with E-state index in [1.165, 1.54) is 0 Å². The van der Waals surface area contributed by atoms with Crippen molar-refractivity contribution in [2.45, 2.75) is 39.4 Å². The third kappa shape index (κ3) is 5.52. The monoisotopic (exact) mass is 320 g/mol. The molecule has 1 aliphatic heterocycles. The van der Waals surface area contributed by atoms with Gasteiger partial charge in [-0.25, -0.2) is 9.78 Å². The summed E-state index contributed by atoms with van der Waals surface area (Å²) in [6.07, 6.45) is 1.95. The summed E-state index contributed by atoms with van der Waals surface area (Å²) in [5, 5.41) is 5.47. The number of anilines is 1. The zero-order valence-corrected chi connectivity index (χ0v) is 13.8. The summed E-state index contributed by atoms with van der Waals surface area (Å²) >= 11 is 0. The van der Waals surface area contributed by atoms with Crippen molar-refractivity contribution in [1.82, 2.24) is 15.2 Å². The molecule has 7 nitrogen and oxygen atoms in total. The van der Waals surface area contributed by atoms with Crippen LogP contribution in [0, 0.1) is 6.92 Å². The first-order valence-corrected chi connectivity index (χ1v) is 7.85. The molecule has 7 heteroatoms. The van der Waals surface area contributed by atoms with Gasteiger partial charge in [-0.15, -0.1) is 0 Å². The van der Waals surface area contributed by atoms with E-state index < -0.39 is 0 Å². The van der Waals surface area contributed by atoms with Gasteiger partial charge in [0.15, 0.2) is 0 Å². The van der Waals surface area contributed by atoms with Crippen molar-refractivity contribution in [2.24, 2.45) is 0 Å². The lowest BCUT2D eigenvalue weighted by molar-refractivity contribution is -0.116. The van der Waals surface area contributed by atoms with Crippen LogP contribution in [0.3, 0.4) is 0 Å². The largest absolute Gasteiger partial charge is 0.372 e. The molecule has 2 heterocycles. The second-order valence-corrected chi connectivity index (χ2v) is 5.91. The molecule has 1 aliphatic rings. The van der Waals surface area contributed by atoms with E-state index in [9.17, 15) is 9.59 Å². The summed E-state index contributed by atoms with van der Waals surface area (Å²) in [5.74, 6) is 0.341. The summed E-state index contributed by atoms with van der Waals surface area (Å²) in [6, 6.07) is 3.47. The Kier molecular flexibility index (Phi) is 5.92. The van der Waals surface area contributed by atoms with E-state index >= 15 is 0 Å². The van der Waals surface area contributed by atoms with Gasteiger partial charge in [0.2, 0.25) is 5.91 Å². The third-order valence-electron chi connectivity index (χ3n) is 3.51. The second kappa shape index (κ2) is 7.92. The Hall–Kier alpha value is -2.15. The zero-order valence-electron chi connectivity index (χ0n) is 13.8. The van der Waals surface area contributed by atoms with Crippen LogP contribution in [0.15, 0.2) is 18.3 Å². The van der Waals surface area contributed by atoms with Crippen LogP contribution >= 0.6 is 0 Å². The first-order valence-electron chi connectivity index (χ1n) is 7.85. The number of urea groups is 1. The van der Waals surface area contributed by atoms with Gasteiger partial charge in [0.05, 0.1) is 12.2 Å². The van der Waals surface area contributed by atoms with Crippen molar-refractivity contribution in [3.8, 4) is 0 Å². The molecule has 3 amide bonds. The molecule has 126 valence electrons. The number of hydrogen-bond acceptors (Lipinski definition) is 4. The lowest BCUT2D eigenvalue weighted by Crippen LogP contribution is -2.51. The first kappa shape index (κ1) is 17.2. The van der Waals surface area contributed by atoms with Gasteiger partial charge in [0.25, 0.3) is 0 Å². The number of rotatable bonds is 4. The Morgan fingerprint density at radius 3 is 2.61 bits per heavy atom. The Morgan fingerprint density at radius 2 is 2.00 bits per heavy atom. The van der Waals surface area contributed by atoms with E-state index in [0.29, 0.717) is 18.9 Å². The minimum absolute atomic E-state index is 0.0282. The van der Waals surface area contributed by atoms with Crippen molar-refractivity contribution in [3.05, 3.63) is 23.9 Å². The van der Waals surface area contributed by atoms with E-state index in [0.717, 1.165) is 5.56 Å². The Labute approximate surface area is 136 Å². The van der Waals surface area contributed by atoms with Gasteiger partial charge < -0.3 is 20.3 Å². The molecule has 1 saturated heterocycles. The molecule has 2 rings (SSSR count). The number of pyridine rings is 1. The van der Waals surface area contributed by atoms with Crippen LogP contribution in [0.5, 0.6) is 0 Å². The Bertz CT molecular complexity index is 537. The summed E-state index contributed by atoms with van der Waals surface area (Å²) in [5.41, 5.74) is 1.03. The van der Waals surface area contributed by atoms with Crippen LogP contribution in [-0.4, -0.2) is 53.7 Å². The van der Waals surface area contributed by atoms with Crippen LogP contribution in [0.1, 0.15) is 25.8 Å². The third-order valence-corrected chi connectivity index (χ3v) is 3.51. The number of amides is 3. The lowest BCUT2D eigenvalue weighted by Gasteiger charge is -2.35. The highest BCUT2D eigenvalue weighted by molar-refractivity contribution is 5.90. The SMILES string of the molecule is Cc1ccc(NC(=O)CCNC(=O)N2C[C@H](C)O[C@@H](C)C2)nc1. The fourth-order valence-electron chi connectivity index (χ4n) is 2.49. The summed E-state index contributed by atoms with van der Waals surface area (Å²) in [6.45, 7) is 7.24.